The van der Waals surface area contributed by atoms with Crippen LogP contribution in [0.1, 0.15) is 322 Å². The van der Waals surface area contributed by atoms with Crippen molar-refractivity contribution in [2.45, 2.75) is 334 Å². The van der Waals surface area contributed by atoms with Crippen molar-refractivity contribution in [3.63, 3.8) is 0 Å². The molecule has 454 valence electrons. The summed E-state index contributed by atoms with van der Waals surface area (Å²) in [5.74, 6) is 2.32. The van der Waals surface area contributed by atoms with E-state index in [1.54, 1.807) is 0 Å². The SMILES string of the molecule is C1CCC2(C1)CNC2.C1CCC2(C1)COC2.C1CCC2(CC1)COC2.C1CCC2(CC1)COC2.C1CCCCC1.CC1CCCCC1.OC1CCCCC1.OC1CCCCC1.OCC1CCCCC1.OCC1CCCCC1. The maximum Gasteiger partial charge on any atom is 0.0544 e. The predicted octanol–water partition coefficient (Wildman–Crippen LogP) is 17.3. The lowest BCUT2D eigenvalue weighted by Crippen LogP contribution is -2.51. The van der Waals surface area contributed by atoms with E-state index in [0.29, 0.717) is 41.3 Å². The molecule has 0 unspecified atom stereocenters. The van der Waals surface area contributed by atoms with Gasteiger partial charge in [0, 0.05) is 42.5 Å². The van der Waals surface area contributed by atoms with Crippen LogP contribution < -0.4 is 5.32 Å². The summed E-state index contributed by atoms with van der Waals surface area (Å²) in [5.41, 5.74) is 2.86. The Morgan fingerprint density at radius 1 is 0.299 bits per heavy atom. The Labute approximate surface area is 477 Å². The molecule has 14 rings (SSSR count). The van der Waals surface area contributed by atoms with Crippen molar-refractivity contribution in [3.05, 3.63) is 0 Å². The molecule has 0 bridgehead atoms. The van der Waals surface area contributed by atoms with Gasteiger partial charge in [-0.15, -0.1) is 0 Å². The number of hydrogen-bond donors (Lipinski definition) is 5. The normalized spacial score (nSPS) is 28.0. The molecule has 0 aromatic rings. The van der Waals surface area contributed by atoms with Crippen molar-refractivity contribution in [2.24, 2.45) is 39.4 Å². The molecule has 5 N–H and O–H groups in total. The second-order valence-corrected chi connectivity index (χ2v) is 28.4. The van der Waals surface area contributed by atoms with Gasteiger partial charge in [0.05, 0.1) is 51.8 Å². The Morgan fingerprint density at radius 3 is 0.662 bits per heavy atom. The lowest BCUT2D eigenvalue weighted by Gasteiger charge is -2.44. The third kappa shape index (κ3) is 28.7. The van der Waals surface area contributed by atoms with Crippen LogP contribution in [0, 0.1) is 39.4 Å². The molecule has 4 heterocycles. The molecule has 77 heavy (non-hydrogen) atoms. The van der Waals surface area contributed by atoms with Crippen molar-refractivity contribution in [1.82, 2.24) is 5.32 Å². The summed E-state index contributed by atoms with van der Waals surface area (Å²) in [6.45, 7) is 12.2. The minimum atomic E-state index is 0.0359. The largest absolute Gasteiger partial charge is 0.396 e. The Morgan fingerprint density at radius 2 is 0.519 bits per heavy atom. The van der Waals surface area contributed by atoms with Crippen molar-refractivity contribution in [2.75, 3.05) is 65.9 Å². The van der Waals surface area contributed by atoms with Gasteiger partial charge in [0.1, 0.15) is 0 Å². The topological polar surface area (TPSA) is 121 Å². The Balaban J connectivity index is 0.000000158. The molecule has 10 saturated carbocycles. The van der Waals surface area contributed by atoms with Gasteiger partial charge in [-0.25, -0.2) is 0 Å². The molecular weight excluding hydrogens is 955 g/mol. The second-order valence-electron chi connectivity index (χ2n) is 28.4. The van der Waals surface area contributed by atoms with Gasteiger partial charge >= 0.3 is 0 Å². The van der Waals surface area contributed by atoms with E-state index >= 15 is 0 Å². The van der Waals surface area contributed by atoms with Gasteiger partial charge in [-0.1, -0.05) is 219 Å². The highest BCUT2D eigenvalue weighted by atomic mass is 16.5. The fourth-order valence-corrected chi connectivity index (χ4v) is 15.0. The molecule has 0 aromatic heterocycles. The van der Waals surface area contributed by atoms with Gasteiger partial charge in [0.2, 0.25) is 0 Å². The highest BCUT2D eigenvalue weighted by Gasteiger charge is 2.42. The van der Waals surface area contributed by atoms with Gasteiger partial charge in [-0.3, -0.25) is 0 Å². The maximum absolute atomic E-state index is 8.91. The molecule has 4 aliphatic heterocycles. The van der Waals surface area contributed by atoms with Crippen LogP contribution in [0.2, 0.25) is 0 Å². The van der Waals surface area contributed by atoms with Crippen LogP contribution in [-0.4, -0.2) is 98.6 Å². The zero-order valence-corrected chi connectivity index (χ0v) is 51.1. The molecule has 14 aliphatic rings. The summed E-state index contributed by atoms with van der Waals surface area (Å²) < 4.78 is 15.6. The number of nitrogens with one attached hydrogen (secondary N) is 1. The first kappa shape index (κ1) is 67.5. The average molecular weight is 1090 g/mol. The number of rotatable bonds is 2. The summed E-state index contributed by atoms with van der Waals surface area (Å²) in [6, 6.07) is 0. The highest BCUT2D eigenvalue weighted by molar-refractivity contribution is 4.95. The molecule has 4 spiro atoms. The summed E-state index contributed by atoms with van der Waals surface area (Å²) in [4.78, 5) is 0. The molecule has 14 fully saturated rings. The van der Waals surface area contributed by atoms with E-state index in [9.17, 15) is 0 Å². The fraction of sp³-hybridized carbons (Fsp3) is 1.00. The summed E-state index contributed by atoms with van der Waals surface area (Å²) >= 11 is 0. The van der Waals surface area contributed by atoms with Crippen molar-refractivity contribution in [1.29, 1.82) is 0 Å². The number of aliphatic hydroxyl groups excluding tert-OH is 4. The Kier molecular flexibility index (Phi) is 35.8. The van der Waals surface area contributed by atoms with Crippen LogP contribution in [0.4, 0.5) is 0 Å². The molecule has 0 radical (unpaired) electrons. The van der Waals surface area contributed by atoms with Crippen LogP contribution in [0.5, 0.6) is 0 Å². The summed E-state index contributed by atoms with van der Waals surface area (Å²) in [6.07, 6.45) is 67.7. The zero-order valence-electron chi connectivity index (χ0n) is 51.1. The predicted molar refractivity (Wildman–Crippen MR) is 324 cm³/mol. The van der Waals surface area contributed by atoms with Crippen LogP contribution in [0.25, 0.3) is 0 Å². The number of aliphatic hydroxyl groups is 4. The van der Waals surface area contributed by atoms with Gasteiger partial charge in [-0.2, -0.15) is 0 Å². The molecule has 0 atom stereocenters. The van der Waals surface area contributed by atoms with Crippen LogP contribution in [-0.2, 0) is 14.2 Å². The smallest absolute Gasteiger partial charge is 0.0544 e. The van der Waals surface area contributed by atoms with E-state index in [1.807, 2.05) is 0 Å². The minimum absolute atomic E-state index is 0.0359. The Hall–Kier alpha value is -0.320. The van der Waals surface area contributed by atoms with Crippen molar-refractivity contribution < 1.29 is 34.6 Å². The van der Waals surface area contributed by atoms with Gasteiger partial charge in [0.15, 0.2) is 0 Å². The molecule has 8 heteroatoms. The van der Waals surface area contributed by atoms with Crippen molar-refractivity contribution >= 4 is 0 Å². The standard InChI is InChI=1S/2C8H14O.C7H13N.C7H12O.2C7H14O.C7H14.2C6H12O.C6H12/c2*1-2-4-8(5-3-1)6-9-7-8;2*1-2-4-7(3-1)5-8-6-7;2*8-6-7-4-2-1-3-5-7;1-7-5-3-2-4-6-7;2*7-6-4-2-1-3-5-6;1-2-4-6-5-3-1/h2*1-7H2;8H,1-6H2;1-6H2;2*7-8H,1-6H2;7H,2-6H2,1H3;2*6-7H,1-5H2;1-6H2. The van der Waals surface area contributed by atoms with Crippen LogP contribution in [0.3, 0.4) is 0 Å². The zero-order chi connectivity index (χ0) is 54.4. The average Bonchev–Trinajstić information content (AvgIpc) is 4.20. The molecular formula is C69H131NO7. The van der Waals surface area contributed by atoms with Gasteiger partial charge in [0.25, 0.3) is 0 Å². The van der Waals surface area contributed by atoms with E-state index in [0.717, 1.165) is 76.7 Å². The first-order valence-electron chi connectivity index (χ1n) is 34.7. The molecule has 8 nitrogen and oxygen atoms in total. The lowest BCUT2D eigenvalue weighted by atomic mass is 9.73. The first-order chi connectivity index (χ1) is 37.7. The molecule has 0 amide bonds. The van der Waals surface area contributed by atoms with Gasteiger partial charge < -0.3 is 40.0 Å². The fourth-order valence-electron chi connectivity index (χ4n) is 15.0. The van der Waals surface area contributed by atoms with Gasteiger partial charge in [-0.05, 0) is 126 Å². The third-order valence-corrected chi connectivity index (χ3v) is 21.1. The van der Waals surface area contributed by atoms with E-state index in [1.165, 1.54) is 302 Å². The lowest BCUT2D eigenvalue weighted by molar-refractivity contribution is -0.130. The van der Waals surface area contributed by atoms with E-state index in [-0.39, 0.29) is 12.2 Å². The number of ether oxygens (including phenoxy) is 3. The summed E-state index contributed by atoms with van der Waals surface area (Å²) in [5, 5.41) is 38.5. The van der Waals surface area contributed by atoms with Crippen LogP contribution >= 0.6 is 0 Å². The highest BCUT2D eigenvalue weighted by Crippen LogP contribution is 2.45. The quantitative estimate of drug-likeness (QED) is 0.185. The summed E-state index contributed by atoms with van der Waals surface area (Å²) in [7, 11) is 0. The van der Waals surface area contributed by atoms with Crippen LogP contribution in [0.15, 0.2) is 0 Å². The van der Waals surface area contributed by atoms with Crippen molar-refractivity contribution in [3.8, 4) is 0 Å². The minimum Gasteiger partial charge on any atom is -0.396 e. The monoisotopic (exact) mass is 1090 g/mol. The Bertz CT molecular complexity index is 1190. The van der Waals surface area contributed by atoms with E-state index < -0.39 is 0 Å². The molecule has 0 aromatic carbocycles. The second kappa shape index (κ2) is 40.8. The number of hydrogen-bond acceptors (Lipinski definition) is 8. The van der Waals surface area contributed by atoms with E-state index in [4.69, 9.17) is 34.6 Å². The van der Waals surface area contributed by atoms with E-state index in [2.05, 4.69) is 12.2 Å². The molecule has 10 aliphatic carbocycles. The maximum atomic E-state index is 8.91. The third-order valence-electron chi connectivity index (χ3n) is 21.1. The molecule has 4 saturated heterocycles. The first-order valence-corrected chi connectivity index (χ1v) is 34.7.